The number of hydrogen-bond acceptors (Lipinski definition) is 11. The van der Waals surface area contributed by atoms with Gasteiger partial charge in [-0.15, -0.1) is 10.2 Å². The zero-order valence-corrected chi connectivity index (χ0v) is 26.6. The average molecular weight is 628 g/mol. The number of hydrogen-bond donors (Lipinski definition) is 1. The van der Waals surface area contributed by atoms with Crippen molar-refractivity contribution in [3.05, 3.63) is 42.2 Å². The number of carbonyl (C=O) groups excluding carboxylic acids is 1. The maximum atomic E-state index is 13.1. The average Bonchev–Trinajstić information content (AvgIpc) is 3.68. The van der Waals surface area contributed by atoms with Gasteiger partial charge in [-0.05, 0) is 77.1 Å². The van der Waals surface area contributed by atoms with E-state index in [4.69, 9.17) is 14.5 Å². The Kier molecular flexibility index (Phi) is 7.79. The van der Waals surface area contributed by atoms with Crippen molar-refractivity contribution in [1.82, 2.24) is 29.7 Å². The van der Waals surface area contributed by atoms with E-state index in [-0.39, 0.29) is 24.2 Å². The van der Waals surface area contributed by atoms with Crippen LogP contribution in [0.4, 0.5) is 15.6 Å². The Morgan fingerprint density at radius 3 is 2.60 bits per heavy atom. The smallest absolute Gasteiger partial charge is 0.410 e. The van der Waals surface area contributed by atoms with E-state index in [0.29, 0.717) is 18.7 Å². The van der Waals surface area contributed by atoms with Crippen LogP contribution >= 0.6 is 11.3 Å². The molecule has 45 heavy (non-hydrogen) atoms. The Labute approximate surface area is 266 Å². The number of fused-ring (bicyclic) bond motifs is 3. The number of nitrogens with one attached hydrogen (secondary N) is 1. The van der Waals surface area contributed by atoms with Gasteiger partial charge in [-0.25, -0.2) is 9.31 Å². The molecule has 4 aromatic rings. The number of amides is 1. The molecule has 3 aliphatic rings. The zero-order chi connectivity index (χ0) is 31.1. The fourth-order valence-electron chi connectivity index (χ4n) is 6.53. The summed E-state index contributed by atoms with van der Waals surface area (Å²) in [6.07, 6.45) is 8.03. The lowest BCUT2D eigenvalue weighted by molar-refractivity contribution is -0.00970. The van der Waals surface area contributed by atoms with Gasteiger partial charge >= 0.3 is 6.09 Å². The maximum absolute atomic E-state index is 13.1. The summed E-state index contributed by atoms with van der Waals surface area (Å²) in [6.45, 7) is 8.59. The van der Waals surface area contributed by atoms with Crippen LogP contribution in [0.25, 0.3) is 27.5 Å². The van der Waals surface area contributed by atoms with E-state index in [1.807, 2.05) is 50.1 Å². The molecule has 12 nitrogen and oxygen atoms in total. The van der Waals surface area contributed by atoms with Gasteiger partial charge in [0.2, 0.25) is 5.13 Å². The van der Waals surface area contributed by atoms with Crippen LogP contribution in [0.5, 0.6) is 0 Å². The van der Waals surface area contributed by atoms with Crippen molar-refractivity contribution in [2.24, 2.45) is 0 Å². The van der Waals surface area contributed by atoms with Gasteiger partial charge in [-0.1, -0.05) is 11.3 Å². The van der Waals surface area contributed by atoms with Crippen LogP contribution in [0.15, 0.2) is 36.7 Å². The highest BCUT2D eigenvalue weighted by atomic mass is 32.1. The molecule has 0 radical (unpaired) electrons. The number of pyridine rings is 1. The molecule has 7 heterocycles. The third-order valence-corrected chi connectivity index (χ3v) is 9.64. The van der Waals surface area contributed by atoms with Crippen LogP contribution < -0.4 is 10.2 Å². The first-order valence-corrected chi connectivity index (χ1v) is 16.4. The molecule has 3 fully saturated rings. The molecule has 2 unspecified atom stereocenters. The molecule has 0 saturated carbocycles. The third kappa shape index (κ3) is 6.04. The van der Waals surface area contributed by atoms with E-state index in [0.717, 1.165) is 83.6 Å². The number of piperazine rings is 1. The number of nitriles is 1. The summed E-state index contributed by atoms with van der Waals surface area (Å²) in [6, 6.07) is 10.4. The van der Waals surface area contributed by atoms with Crippen molar-refractivity contribution in [1.29, 1.82) is 5.26 Å². The number of nitrogens with zero attached hydrogens (tertiary/aromatic N) is 8. The molecule has 234 valence electrons. The molecule has 2 bridgehead atoms. The SMILES string of the molecule is CC(C)(C)OC(=O)N1C2CCCC1CN(c1nnc(-c3cnc(-c4ccc5cc(C#N)cnn45)cc3NC3CCOCC3)s1)C2. The van der Waals surface area contributed by atoms with Gasteiger partial charge in [-0.3, -0.25) is 9.88 Å². The summed E-state index contributed by atoms with van der Waals surface area (Å²) in [5.41, 5.74) is 4.25. The lowest BCUT2D eigenvalue weighted by atomic mass is 9.92. The van der Waals surface area contributed by atoms with Crippen LogP contribution in [0, 0.1) is 11.3 Å². The number of rotatable bonds is 5. The predicted molar refractivity (Wildman–Crippen MR) is 171 cm³/mol. The quantitative estimate of drug-likeness (QED) is 0.308. The van der Waals surface area contributed by atoms with Gasteiger partial charge in [0.05, 0.1) is 46.3 Å². The predicted octanol–water partition coefficient (Wildman–Crippen LogP) is 5.36. The van der Waals surface area contributed by atoms with Gasteiger partial charge in [0.15, 0.2) is 5.01 Å². The minimum absolute atomic E-state index is 0.0844. The summed E-state index contributed by atoms with van der Waals surface area (Å²) in [7, 11) is 0. The molecular formula is C32H37N9O3S. The lowest BCUT2D eigenvalue weighted by Gasteiger charge is -2.49. The van der Waals surface area contributed by atoms with E-state index in [2.05, 4.69) is 37.6 Å². The monoisotopic (exact) mass is 627 g/mol. The second-order valence-electron chi connectivity index (χ2n) is 13.0. The molecule has 0 aliphatic carbocycles. The van der Waals surface area contributed by atoms with E-state index < -0.39 is 5.60 Å². The highest BCUT2D eigenvalue weighted by molar-refractivity contribution is 7.18. The van der Waals surface area contributed by atoms with Crippen LogP contribution in [0.3, 0.4) is 0 Å². The maximum Gasteiger partial charge on any atom is 0.410 e. The minimum atomic E-state index is -0.525. The lowest BCUT2D eigenvalue weighted by Crippen LogP contribution is -2.63. The van der Waals surface area contributed by atoms with E-state index in [1.54, 1.807) is 22.0 Å². The first kappa shape index (κ1) is 29.4. The Hall–Kier alpha value is -4.28. The molecule has 0 aromatic carbocycles. The Morgan fingerprint density at radius 2 is 1.87 bits per heavy atom. The van der Waals surface area contributed by atoms with Gasteiger partial charge in [0.1, 0.15) is 11.7 Å². The molecular weight excluding hydrogens is 590 g/mol. The van der Waals surface area contributed by atoms with Crippen LogP contribution in [-0.2, 0) is 9.47 Å². The fourth-order valence-corrected chi connectivity index (χ4v) is 7.42. The first-order valence-electron chi connectivity index (χ1n) is 15.6. The molecule has 2 atom stereocenters. The number of piperidine rings is 1. The number of ether oxygens (including phenoxy) is 2. The standard InChI is InChI=1S/C32H37N9O3S/c1-32(2,3)44-31(42)40-23-5-4-6-24(40)19-39(18-23)30-38-37-29(45-30)25-17-34-27(14-26(25)36-21-9-11-43-12-10-21)28-8-7-22-13-20(15-33)16-35-41(22)28/h7-8,13-14,16-17,21,23-24H,4-6,9-12,18-19H2,1-3H3,(H,34,36). The molecule has 13 heteroatoms. The summed E-state index contributed by atoms with van der Waals surface area (Å²) < 4.78 is 13.2. The van der Waals surface area contributed by atoms with Crippen molar-refractivity contribution >= 4 is 33.8 Å². The van der Waals surface area contributed by atoms with E-state index in [1.165, 1.54) is 0 Å². The van der Waals surface area contributed by atoms with E-state index >= 15 is 0 Å². The summed E-state index contributed by atoms with van der Waals surface area (Å²) in [5, 5.41) is 28.4. The molecule has 4 aromatic heterocycles. The normalized spacial score (nSPS) is 20.7. The van der Waals surface area contributed by atoms with Crippen LogP contribution in [0.2, 0.25) is 0 Å². The highest BCUT2D eigenvalue weighted by Crippen LogP contribution is 2.39. The molecule has 0 spiro atoms. The molecule has 7 rings (SSSR count). The molecule has 3 saturated heterocycles. The molecule has 1 N–H and O–H groups in total. The minimum Gasteiger partial charge on any atom is -0.444 e. The summed E-state index contributed by atoms with van der Waals surface area (Å²) in [5.74, 6) is 0. The van der Waals surface area contributed by atoms with Gasteiger partial charge in [0.25, 0.3) is 0 Å². The highest BCUT2D eigenvalue weighted by Gasteiger charge is 2.42. The van der Waals surface area contributed by atoms with Crippen molar-refractivity contribution in [2.75, 3.05) is 36.5 Å². The van der Waals surface area contributed by atoms with Gasteiger partial charge < -0.3 is 19.7 Å². The number of carbonyl (C=O) groups is 1. The van der Waals surface area contributed by atoms with Crippen molar-refractivity contribution in [3.8, 4) is 28.0 Å². The Balaban J connectivity index is 1.17. The van der Waals surface area contributed by atoms with Gasteiger partial charge in [0, 0.05) is 44.2 Å². The van der Waals surface area contributed by atoms with Crippen molar-refractivity contribution in [2.45, 2.75) is 76.6 Å². The fraction of sp³-hybridized carbons (Fsp3) is 0.500. The van der Waals surface area contributed by atoms with Crippen LogP contribution in [-0.4, -0.2) is 85.8 Å². The second kappa shape index (κ2) is 11.9. The van der Waals surface area contributed by atoms with Gasteiger partial charge in [-0.2, -0.15) is 10.4 Å². The molecule has 1 amide bonds. The number of aromatic nitrogens is 5. The second-order valence-corrected chi connectivity index (χ2v) is 13.9. The molecule has 3 aliphatic heterocycles. The Bertz CT molecular complexity index is 1740. The summed E-state index contributed by atoms with van der Waals surface area (Å²) in [4.78, 5) is 22.2. The number of anilines is 2. The van der Waals surface area contributed by atoms with Crippen molar-refractivity contribution < 1.29 is 14.3 Å². The Morgan fingerprint density at radius 1 is 1.09 bits per heavy atom. The first-order chi connectivity index (χ1) is 21.8. The largest absolute Gasteiger partial charge is 0.444 e. The zero-order valence-electron chi connectivity index (χ0n) is 25.8. The third-order valence-electron chi connectivity index (χ3n) is 8.62. The topological polar surface area (TPSA) is 134 Å². The van der Waals surface area contributed by atoms with Crippen LogP contribution in [0.1, 0.15) is 58.4 Å². The summed E-state index contributed by atoms with van der Waals surface area (Å²) >= 11 is 1.55. The van der Waals surface area contributed by atoms with Crippen molar-refractivity contribution in [3.63, 3.8) is 0 Å². The van der Waals surface area contributed by atoms with E-state index in [9.17, 15) is 10.1 Å².